The number of hydrogen-bond acceptors (Lipinski definition) is 4. The number of halogens is 5. The molecule has 1 atom stereocenters. The number of carbonyl (C=O) groups excluding carboxylic acids is 2. The predicted molar refractivity (Wildman–Crippen MR) is 148 cm³/mol. The molecule has 8 nitrogen and oxygen atoms in total. The van der Waals surface area contributed by atoms with Crippen molar-refractivity contribution in [3.8, 4) is 11.4 Å². The lowest BCUT2D eigenvalue weighted by Gasteiger charge is -2.23. The van der Waals surface area contributed by atoms with E-state index in [1.54, 1.807) is 30.3 Å². The first-order chi connectivity index (χ1) is 19.8. The number of hydrogen-bond donors (Lipinski definition) is 1. The van der Waals surface area contributed by atoms with Crippen molar-refractivity contribution in [1.82, 2.24) is 24.6 Å². The van der Waals surface area contributed by atoms with Gasteiger partial charge in [0.25, 0.3) is 0 Å². The summed E-state index contributed by atoms with van der Waals surface area (Å²) in [7, 11) is 2.81. The van der Waals surface area contributed by atoms with E-state index in [9.17, 15) is 31.9 Å². The maximum absolute atomic E-state index is 14.4. The van der Waals surface area contributed by atoms with Crippen molar-refractivity contribution in [2.75, 3.05) is 14.1 Å². The Morgan fingerprint density at radius 3 is 2.21 bits per heavy atom. The average Bonchev–Trinajstić information content (AvgIpc) is 3.23. The van der Waals surface area contributed by atoms with Crippen molar-refractivity contribution in [1.29, 1.82) is 0 Å². The Kier molecular flexibility index (Phi) is 9.15. The maximum Gasteiger partial charge on any atom is 0.416 e. The third kappa shape index (κ3) is 7.06. The van der Waals surface area contributed by atoms with Crippen LogP contribution < -0.4 is 11.0 Å². The Labute approximate surface area is 243 Å². The second-order valence-corrected chi connectivity index (χ2v) is 10.1. The fourth-order valence-corrected chi connectivity index (χ4v) is 4.50. The lowest BCUT2D eigenvalue weighted by molar-refractivity contribution is -0.139. The van der Waals surface area contributed by atoms with Crippen LogP contribution in [0.2, 0.25) is 5.02 Å². The number of nitrogens with one attached hydrogen (secondary N) is 1. The lowest BCUT2D eigenvalue weighted by Crippen LogP contribution is -2.49. The number of alkyl halides is 3. The summed E-state index contributed by atoms with van der Waals surface area (Å²) in [6.07, 6.45) is -5.10. The molecule has 1 aromatic heterocycles. The molecule has 2 amide bonds. The Bertz CT molecular complexity index is 1650. The van der Waals surface area contributed by atoms with Gasteiger partial charge >= 0.3 is 11.9 Å². The molecule has 0 bridgehead atoms. The molecule has 0 saturated heterocycles. The molecule has 0 unspecified atom stereocenters. The predicted octanol–water partition coefficient (Wildman–Crippen LogP) is 4.39. The van der Waals surface area contributed by atoms with Gasteiger partial charge in [0.1, 0.15) is 18.4 Å². The molecular weight excluding hydrogens is 578 g/mol. The zero-order valence-corrected chi connectivity index (χ0v) is 23.3. The van der Waals surface area contributed by atoms with E-state index in [0.717, 1.165) is 15.6 Å². The zero-order chi connectivity index (χ0) is 30.6. The van der Waals surface area contributed by atoms with Gasteiger partial charge in [0.2, 0.25) is 11.8 Å². The summed E-state index contributed by atoms with van der Waals surface area (Å²) in [4.78, 5) is 40.5. The molecule has 0 spiro atoms. The Hall–Kier alpha value is -4.45. The van der Waals surface area contributed by atoms with Crippen LogP contribution in [0.1, 0.15) is 16.7 Å². The molecule has 0 saturated carbocycles. The van der Waals surface area contributed by atoms with Crippen molar-refractivity contribution >= 4 is 23.4 Å². The number of rotatable bonds is 9. The van der Waals surface area contributed by atoms with E-state index in [0.29, 0.717) is 10.6 Å². The van der Waals surface area contributed by atoms with E-state index in [1.807, 2.05) is 0 Å². The molecule has 4 aromatic rings. The number of nitrogens with zero attached hydrogens (tertiary/aromatic N) is 4. The molecule has 0 aliphatic heterocycles. The summed E-state index contributed by atoms with van der Waals surface area (Å²) in [5.74, 6) is -1.88. The summed E-state index contributed by atoms with van der Waals surface area (Å²) in [5, 5.41) is 7.18. The molecule has 0 radical (unpaired) electrons. The van der Waals surface area contributed by atoms with Crippen LogP contribution in [-0.2, 0) is 35.3 Å². The highest BCUT2D eigenvalue weighted by atomic mass is 35.5. The summed E-state index contributed by atoms with van der Waals surface area (Å²) in [6, 6.07) is 15.7. The van der Waals surface area contributed by atoms with E-state index >= 15 is 0 Å². The first-order valence-electron chi connectivity index (χ1n) is 12.7. The molecule has 220 valence electrons. The Morgan fingerprint density at radius 1 is 0.976 bits per heavy atom. The van der Waals surface area contributed by atoms with Crippen molar-refractivity contribution in [3.63, 3.8) is 0 Å². The van der Waals surface area contributed by atoms with Gasteiger partial charge in [0.15, 0.2) is 5.82 Å². The number of benzene rings is 3. The van der Waals surface area contributed by atoms with Crippen molar-refractivity contribution in [2.45, 2.75) is 31.7 Å². The van der Waals surface area contributed by atoms with E-state index in [4.69, 9.17) is 11.6 Å². The SMILES string of the molecule is CN(C)C(=O)[C@H](Cc1ccccc1C(F)(F)F)NC(=O)Cn1nc(-c2ccc(Cl)cc2)n(Cc2ccccc2F)c1=O. The van der Waals surface area contributed by atoms with Gasteiger partial charge in [-0.05, 0) is 42.0 Å². The standard InChI is InChI=1S/C29H26ClF4N5O3/c1-37(2)27(41)24(15-19-7-3-5-9-22(19)29(32,33)34)35-25(40)17-39-28(42)38(16-20-8-4-6-10-23(20)31)26(36-39)18-11-13-21(30)14-12-18/h3-14,24H,15-17H2,1-2H3,(H,35,40)/t24-/m0/s1. The molecule has 3 aromatic carbocycles. The number of aromatic nitrogens is 3. The molecule has 1 N–H and O–H groups in total. The smallest absolute Gasteiger partial charge is 0.347 e. The summed E-state index contributed by atoms with van der Waals surface area (Å²) >= 11 is 5.99. The molecule has 4 rings (SSSR count). The van der Waals surface area contributed by atoms with Gasteiger partial charge in [-0.3, -0.25) is 14.2 Å². The maximum atomic E-state index is 14.4. The molecule has 0 aliphatic carbocycles. The third-order valence-electron chi connectivity index (χ3n) is 6.43. The van der Waals surface area contributed by atoms with Crippen LogP contribution in [0.15, 0.2) is 77.6 Å². The number of amides is 2. The fraction of sp³-hybridized carbons (Fsp3) is 0.241. The first kappa shape index (κ1) is 30.5. The van der Waals surface area contributed by atoms with Gasteiger partial charge in [-0.2, -0.15) is 13.2 Å². The highest BCUT2D eigenvalue weighted by Crippen LogP contribution is 2.32. The van der Waals surface area contributed by atoms with E-state index < -0.39 is 54.1 Å². The molecule has 0 aliphatic rings. The molecular formula is C29H26ClF4N5O3. The van der Waals surface area contributed by atoms with Crippen LogP contribution in [0.3, 0.4) is 0 Å². The van der Waals surface area contributed by atoms with Crippen molar-refractivity contribution in [3.05, 3.63) is 111 Å². The van der Waals surface area contributed by atoms with E-state index in [1.165, 1.54) is 55.1 Å². The van der Waals surface area contributed by atoms with Gasteiger partial charge in [-0.25, -0.2) is 13.9 Å². The second kappa shape index (κ2) is 12.6. The summed E-state index contributed by atoms with van der Waals surface area (Å²) in [5.41, 5.74) is -1.17. The Balaban J connectivity index is 1.65. The van der Waals surface area contributed by atoms with Crippen molar-refractivity contribution in [2.24, 2.45) is 0 Å². The minimum absolute atomic E-state index is 0.132. The average molecular weight is 604 g/mol. The fourth-order valence-electron chi connectivity index (χ4n) is 4.38. The molecule has 1 heterocycles. The van der Waals surface area contributed by atoms with Crippen LogP contribution in [0.4, 0.5) is 17.6 Å². The lowest BCUT2D eigenvalue weighted by atomic mass is 9.99. The topological polar surface area (TPSA) is 89.2 Å². The van der Waals surface area contributed by atoms with Gasteiger partial charge in [-0.1, -0.05) is 48.0 Å². The molecule has 0 fully saturated rings. The summed E-state index contributed by atoms with van der Waals surface area (Å²) < 4.78 is 57.2. The van der Waals surface area contributed by atoms with E-state index in [-0.39, 0.29) is 23.5 Å². The zero-order valence-electron chi connectivity index (χ0n) is 22.5. The highest BCUT2D eigenvalue weighted by Gasteiger charge is 2.35. The van der Waals surface area contributed by atoms with Gasteiger partial charge in [-0.15, -0.1) is 5.10 Å². The van der Waals surface area contributed by atoms with Gasteiger partial charge in [0, 0.05) is 36.7 Å². The monoisotopic (exact) mass is 603 g/mol. The van der Waals surface area contributed by atoms with Crippen LogP contribution in [0, 0.1) is 5.82 Å². The quantitative estimate of drug-likeness (QED) is 0.288. The highest BCUT2D eigenvalue weighted by molar-refractivity contribution is 6.30. The molecule has 42 heavy (non-hydrogen) atoms. The Morgan fingerprint density at radius 2 is 1.60 bits per heavy atom. The molecule has 13 heteroatoms. The third-order valence-corrected chi connectivity index (χ3v) is 6.68. The van der Waals surface area contributed by atoms with Gasteiger partial charge in [0.05, 0.1) is 12.1 Å². The second-order valence-electron chi connectivity index (χ2n) is 9.66. The minimum atomic E-state index is -4.66. The van der Waals surface area contributed by atoms with E-state index in [2.05, 4.69) is 10.4 Å². The summed E-state index contributed by atoms with van der Waals surface area (Å²) in [6.45, 7) is -0.844. The largest absolute Gasteiger partial charge is 0.416 e. The number of likely N-dealkylation sites (N-methyl/N-ethyl adjacent to an activating group) is 1. The normalized spacial score (nSPS) is 12.2. The van der Waals surface area contributed by atoms with Crippen LogP contribution in [-0.4, -0.2) is 51.2 Å². The van der Waals surface area contributed by atoms with Crippen LogP contribution >= 0.6 is 11.6 Å². The number of carbonyl (C=O) groups is 2. The van der Waals surface area contributed by atoms with Crippen molar-refractivity contribution < 1.29 is 27.2 Å². The minimum Gasteiger partial charge on any atom is -0.347 e. The van der Waals surface area contributed by atoms with Crippen LogP contribution in [0.5, 0.6) is 0 Å². The van der Waals surface area contributed by atoms with Gasteiger partial charge < -0.3 is 10.2 Å². The first-order valence-corrected chi connectivity index (χ1v) is 13.1. The van der Waals surface area contributed by atoms with Crippen LogP contribution in [0.25, 0.3) is 11.4 Å².